The Labute approximate surface area is 84.8 Å². The minimum Gasteiger partial charge on any atom is -0.371 e. The van der Waals surface area contributed by atoms with E-state index in [0.717, 1.165) is 45.4 Å². The Kier molecular flexibility index (Phi) is 2.74. The second-order valence-electron chi connectivity index (χ2n) is 4.41. The molecule has 0 aromatic rings. The monoisotopic (exact) mass is 198 g/mol. The van der Waals surface area contributed by atoms with Gasteiger partial charge in [0.25, 0.3) is 0 Å². The first-order valence-electron chi connectivity index (χ1n) is 5.26. The minimum atomic E-state index is -0.0360. The highest BCUT2D eigenvalue weighted by molar-refractivity contribution is 5.47. The number of morpholine rings is 1. The highest BCUT2D eigenvalue weighted by Gasteiger charge is 2.38. The van der Waals surface area contributed by atoms with Crippen LogP contribution >= 0.6 is 0 Å². The van der Waals surface area contributed by atoms with Gasteiger partial charge < -0.3 is 14.5 Å². The number of piperidine rings is 1. The van der Waals surface area contributed by atoms with Gasteiger partial charge >= 0.3 is 0 Å². The molecule has 2 aliphatic rings. The summed E-state index contributed by atoms with van der Waals surface area (Å²) in [6, 6.07) is 0. The van der Waals surface area contributed by atoms with Crippen LogP contribution in [-0.4, -0.2) is 61.6 Å². The van der Waals surface area contributed by atoms with Crippen molar-refractivity contribution in [2.75, 3.05) is 39.8 Å². The van der Waals surface area contributed by atoms with Gasteiger partial charge in [-0.15, -0.1) is 0 Å². The van der Waals surface area contributed by atoms with Crippen molar-refractivity contribution in [1.82, 2.24) is 9.80 Å². The van der Waals surface area contributed by atoms with Crippen LogP contribution in [0, 0.1) is 0 Å². The highest BCUT2D eigenvalue weighted by atomic mass is 16.5. The summed E-state index contributed by atoms with van der Waals surface area (Å²) in [6.07, 6.45) is 3.05. The average molecular weight is 198 g/mol. The summed E-state index contributed by atoms with van der Waals surface area (Å²) >= 11 is 0. The van der Waals surface area contributed by atoms with E-state index in [1.165, 1.54) is 0 Å². The zero-order valence-electron chi connectivity index (χ0n) is 8.74. The number of hydrogen-bond donors (Lipinski definition) is 0. The number of rotatable bonds is 1. The maximum Gasteiger partial charge on any atom is 0.209 e. The topological polar surface area (TPSA) is 32.8 Å². The van der Waals surface area contributed by atoms with E-state index in [1.54, 1.807) is 0 Å². The van der Waals surface area contributed by atoms with E-state index in [2.05, 4.69) is 11.9 Å². The summed E-state index contributed by atoms with van der Waals surface area (Å²) in [6.45, 7) is 4.38. The van der Waals surface area contributed by atoms with Crippen molar-refractivity contribution in [3.05, 3.63) is 0 Å². The zero-order chi connectivity index (χ0) is 10.0. The van der Waals surface area contributed by atoms with Crippen LogP contribution < -0.4 is 0 Å². The lowest BCUT2D eigenvalue weighted by molar-refractivity contribution is -0.148. The first-order chi connectivity index (χ1) is 6.74. The number of carbonyl (C=O) groups excluding carboxylic acids is 1. The number of carbonyl (C=O) groups is 1. The maximum atomic E-state index is 10.7. The Balaban J connectivity index is 1.97. The van der Waals surface area contributed by atoms with E-state index in [0.29, 0.717) is 6.61 Å². The quantitative estimate of drug-likeness (QED) is 0.553. The van der Waals surface area contributed by atoms with E-state index >= 15 is 0 Å². The maximum absolute atomic E-state index is 10.7. The van der Waals surface area contributed by atoms with E-state index in [-0.39, 0.29) is 5.60 Å². The molecule has 2 fully saturated rings. The second-order valence-corrected chi connectivity index (χ2v) is 4.41. The third-order valence-corrected chi connectivity index (χ3v) is 3.33. The Bertz CT molecular complexity index is 212. The molecule has 80 valence electrons. The van der Waals surface area contributed by atoms with Gasteiger partial charge in [-0.2, -0.15) is 0 Å². The van der Waals surface area contributed by atoms with E-state index in [1.807, 2.05) is 4.90 Å². The summed E-state index contributed by atoms with van der Waals surface area (Å²) in [7, 11) is 2.13. The summed E-state index contributed by atoms with van der Waals surface area (Å²) in [5.74, 6) is 0. The van der Waals surface area contributed by atoms with Crippen molar-refractivity contribution in [3.8, 4) is 0 Å². The summed E-state index contributed by atoms with van der Waals surface area (Å²) < 4.78 is 5.86. The molecule has 0 saturated carbocycles. The van der Waals surface area contributed by atoms with Gasteiger partial charge in [0.05, 0.1) is 12.2 Å². The van der Waals surface area contributed by atoms with Crippen LogP contribution in [0.5, 0.6) is 0 Å². The van der Waals surface area contributed by atoms with Crippen LogP contribution in [0.4, 0.5) is 0 Å². The molecule has 2 rings (SSSR count). The number of nitrogens with zero attached hydrogens (tertiary/aromatic N) is 2. The molecule has 14 heavy (non-hydrogen) atoms. The highest BCUT2D eigenvalue weighted by Crippen LogP contribution is 2.28. The predicted octanol–water partition coefficient (Wildman–Crippen LogP) is -0.0606. The zero-order valence-corrected chi connectivity index (χ0v) is 8.74. The van der Waals surface area contributed by atoms with Gasteiger partial charge in [-0.05, 0) is 19.9 Å². The molecule has 1 spiro atoms. The lowest BCUT2D eigenvalue weighted by Gasteiger charge is -2.45. The summed E-state index contributed by atoms with van der Waals surface area (Å²) in [4.78, 5) is 14.9. The van der Waals surface area contributed by atoms with Crippen LogP contribution in [0.25, 0.3) is 0 Å². The van der Waals surface area contributed by atoms with Crippen molar-refractivity contribution in [2.45, 2.75) is 18.4 Å². The third-order valence-electron chi connectivity index (χ3n) is 3.33. The number of hydrogen-bond acceptors (Lipinski definition) is 3. The Morgan fingerprint density at radius 3 is 2.64 bits per heavy atom. The van der Waals surface area contributed by atoms with Gasteiger partial charge in [0.1, 0.15) is 0 Å². The largest absolute Gasteiger partial charge is 0.371 e. The minimum absolute atomic E-state index is 0.0360. The fraction of sp³-hybridized carbons (Fsp3) is 0.900. The molecule has 2 aliphatic heterocycles. The molecule has 0 aliphatic carbocycles. The van der Waals surface area contributed by atoms with Crippen molar-refractivity contribution in [1.29, 1.82) is 0 Å². The van der Waals surface area contributed by atoms with Gasteiger partial charge in [-0.1, -0.05) is 0 Å². The first-order valence-corrected chi connectivity index (χ1v) is 5.26. The molecule has 0 bridgehead atoms. The molecular formula is C10H18N2O2. The lowest BCUT2D eigenvalue weighted by Crippen LogP contribution is -2.56. The van der Waals surface area contributed by atoms with Crippen molar-refractivity contribution in [3.63, 3.8) is 0 Å². The smallest absolute Gasteiger partial charge is 0.209 e. The fourth-order valence-electron chi connectivity index (χ4n) is 2.29. The number of likely N-dealkylation sites (tertiary alicyclic amines) is 1. The molecule has 4 nitrogen and oxygen atoms in total. The van der Waals surface area contributed by atoms with Crippen LogP contribution in [-0.2, 0) is 9.53 Å². The van der Waals surface area contributed by atoms with Gasteiger partial charge in [0.2, 0.25) is 6.41 Å². The average Bonchev–Trinajstić information content (AvgIpc) is 2.23. The van der Waals surface area contributed by atoms with Gasteiger partial charge in [-0.25, -0.2) is 0 Å². The Morgan fingerprint density at radius 2 is 2.00 bits per heavy atom. The van der Waals surface area contributed by atoms with E-state index in [4.69, 9.17) is 4.74 Å². The first kappa shape index (κ1) is 9.93. The van der Waals surface area contributed by atoms with Gasteiger partial charge in [0.15, 0.2) is 0 Å². The molecule has 2 saturated heterocycles. The second kappa shape index (κ2) is 3.87. The van der Waals surface area contributed by atoms with Gasteiger partial charge in [-0.3, -0.25) is 4.79 Å². The van der Waals surface area contributed by atoms with Crippen molar-refractivity contribution < 1.29 is 9.53 Å². The lowest BCUT2D eigenvalue weighted by atomic mass is 9.90. The van der Waals surface area contributed by atoms with Crippen molar-refractivity contribution in [2.24, 2.45) is 0 Å². The van der Waals surface area contributed by atoms with Gasteiger partial charge in [0, 0.05) is 26.2 Å². The molecule has 1 amide bonds. The molecule has 0 unspecified atom stereocenters. The SMILES string of the molecule is CN1CCC2(CC1)CN(C=O)CCO2. The predicted molar refractivity (Wildman–Crippen MR) is 53.1 cm³/mol. The Hall–Kier alpha value is -0.610. The summed E-state index contributed by atoms with van der Waals surface area (Å²) in [5.41, 5.74) is -0.0360. The van der Waals surface area contributed by atoms with Crippen LogP contribution in [0.1, 0.15) is 12.8 Å². The molecule has 0 atom stereocenters. The summed E-state index contributed by atoms with van der Waals surface area (Å²) in [5, 5.41) is 0. The standard InChI is InChI=1S/C10H18N2O2/c1-11-4-2-10(3-5-11)8-12(9-13)6-7-14-10/h9H,2-8H2,1H3. The van der Waals surface area contributed by atoms with E-state index < -0.39 is 0 Å². The van der Waals surface area contributed by atoms with Crippen LogP contribution in [0.15, 0.2) is 0 Å². The third kappa shape index (κ3) is 1.91. The Morgan fingerprint density at radius 1 is 1.29 bits per heavy atom. The molecule has 0 radical (unpaired) electrons. The van der Waals surface area contributed by atoms with E-state index in [9.17, 15) is 4.79 Å². The molecule has 0 N–H and O–H groups in total. The fourth-order valence-corrected chi connectivity index (χ4v) is 2.29. The molecule has 4 heteroatoms. The van der Waals surface area contributed by atoms with Crippen molar-refractivity contribution >= 4 is 6.41 Å². The molecular weight excluding hydrogens is 180 g/mol. The van der Waals surface area contributed by atoms with Crippen LogP contribution in [0.2, 0.25) is 0 Å². The number of amides is 1. The number of ether oxygens (including phenoxy) is 1. The molecule has 0 aromatic heterocycles. The molecule has 2 heterocycles. The van der Waals surface area contributed by atoms with Crippen LogP contribution in [0.3, 0.4) is 0 Å². The molecule has 0 aromatic carbocycles. The normalized spacial score (nSPS) is 27.9.